The molecule has 0 amide bonds. The van der Waals surface area contributed by atoms with Gasteiger partial charge in [-0.3, -0.25) is 4.79 Å². The molecule has 17 heavy (non-hydrogen) atoms. The van der Waals surface area contributed by atoms with Gasteiger partial charge in [0.05, 0.1) is 13.5 Å². The van der Waals surface area contributed by atoms with Crippen molar-refractivity contribution in [2.75, 3.05) is 7.11 Å². The SMILES string of the molecule is COC(=O)C[C@@H](N)c1cc(Br)cc(F)c1O.Cl. The number of nitrogens with two attached hydrogens (primary N) is 1. The molecule has 0 heterocycles. The Labute approximate surface area is 112 Å². The van der Waals surface area contributed by atoms with Gasteiger partial charge in [0, 0.05) is 16.1 Å². The summed E-state index contributed by atoms with van der Waals surface area (Å²) in [5.41, 5.74) is 5.83. The smallest absolute Gasteiger partial charge is 0.307 e. The predicted molar refractivity (Wildman–Crippen MR) is 66.6 cm³/mol. The number of ether oxygens (including phenoxy) is 1. The van der Waals surface area contributed by atoms with E-state index >= 15 is 0 Å². The minimum atomic E-state index is -0.806. The molecular formula is C10H12BrClFNO3. The van der Waals surface area contributed by atoms with Crippen LogP contribution in [0, 0.1) is 5.82 Å². The Morgan fingerprint density at radius 2 is 2.24 bits per heavy atom. The quantitative estimate of drug-likeness (QED) is 0.835. The average molecular weight is 329 g/mol. The van der Waals surface area contributed by atoms with Crippen LogP contribution in [0.4, 0.5) is 4.39 Å². The molecule has 0 unspecified atom stereocenters. The molecule has 1 rings (SSSR count). The molecule has 0 saturated carbocycles. The number of hydrogen-bond acceptors (Lipinski definition) is 4. The van der Waals surface area contributed by atoms with Crippen LogP contribution in [0.3, 0.4) is 0 Å². The fourth-order valence-electron chi connectivity index (χ4n) is 1.24. The molecule has 0 spiro atoms. The largest absolute Gasteiger partial charge is 0.505 e. The van der Waals surface area contributed by atoms with Crippen LogP contribution in [0.25, 0.3) is 0 Å². The summed E-state index contributed by atoms with van der Waals surface area (Å²) in [6, 6.07) is 1.77. The monoisotopic (exact) mass is 327 g/mol. The molecule has 0 fully saturated rings. The third kappa shape index (κ3) is 4.14. The van der Waals surface area contributed by atoms with Gasteiger partial charge < -0.3 is 15.6 Å². The Bertz CT molecular complexity index is 417. The molecule has 4 nitrogen and oxygen atoms in total. The molecule has 7 heteroatoms. The van der Waals surface area contributed by atoms with Crippen molar-refractivity contribution in [1.82, 2.24) is 0 Å². The van der Waals surface area contributed by atoms with Gasteiger partial charge in [0.25, 0.3) is 0 Å². The predicted octanol–water partition coefficient (Wildman–Crippen LogP) is 2.28. The molecule has 0 aliphatic rings. The van der Waals surface area contributed by atoms with Crippen LogP contribution >= 0.6 is 28.3 Å². The maximum atomic E-state index is 13.2. The summed E-state index contributed by atoms with van der Waals surface area (Å²) < 4.78 is 18.0. The van der Waals surface area contributed by atoms with Crippen molar-refractivity contribution in [3.8, 4) is 5.75 Å². The van der Waals surface area contributed by atoms with Gasteiger partial charge in [0.15, 0.2) is 11.6 Å². The Hall–Kier alpha value is -0.850. The van der Waals surface area contributed by atoms with Crippen molar-refractivity contribution in [2.24, 2.45) is 5.73 Å². The average Bonchev–Trinajstić information content (AvgIpc) is 2.22. The molecular weight excluding hydrogens is 316 g/mol. The highest BCUT2D eigenvalue weighted by Gasteiger charge is 2.18. The number of hydrogen-bond donors (Lipinski definition) is 2. The minimum Gasteiger partial charge on any atom is -0.505 e. The van der Waals surface area contributed by atoms with Gasteiger partial charge in [0.2, 0.25) is 0 Å². The van der Waals surface area contributed by atoms with Gasteiger partial charge in [-0.15, -0.1) is 12.4 Å². The summed E-state index contributed by atoms with van der Waals surface area (Å²) >= 11 is 3.08. The van der Waals surface area contributed by atoms with Gasteiger partial charge in [-0.2, -0.15) is 0 Å². The van der Waals surface area contributed by atoms with Crippen molar-refractivity contribution >= 4 is 34.3 Å². The first-order valence-electron chi connectivity index (χ1n) is 4.46. The lowest BCUT2D eigenvalue weighted by Crippen LogP contribution is -2.16. The second-order valence-corrected chi connectivity index (χ2v) is 4.13. The van der Waals surface area contributed by atoms with Crippen molar-refractivity contribution in [2.45, 2.75) is 12.5 Å². The van der Waals surface area contributed by atoms with E-state index in [-0.39, 0.29) is 24.4 Å². The molecule has 0 aromatic heterocycles. The summed E-state index contributed by atoms with van der Waals surface area (Å²) in [5.74, 6) is -1.85. The minimum absolute atomic E-state index is 0. The van der Waals surface area contributed by atoms with Crippen LogP contribution in [-0.2, 0) is 9.53 Å². The van der Waals surface area contributed by atoms with E-state index in [1.165, 1.54) is 13.2 Å². The van der Waals surface area contributed by atoms with Crippen molar-refractivity contribution in [3.63, 3.8) is 0 Å². The molecule has 96 valence electrons. The maximum Gasteiger partial charge on any atom is 0.307 e. The Morgan fingerprint density at radius 3 is 2.76 bits per heavy atom. The number of benzene rings is 1. The van der Waals surface area contributed by atoms with Crippen LogP contribution in [0.1, 0.15) is 18.0 Å². The lowest BCUT2D eigenvalue weighted by Gasteiger charge is -2.13. The van der Waals surface area contributed by atoms with Crippen molar-refractivity contribution < 1.29 is 19.0 Å². The Kier molecular flexibility index (Phi) is 6.44. The summed E-state index contributed by atoms with van der Waals surface area (Å²) in [5, 5.41) is 9.45. The number of carbonyl (C=O) groups is 1. The molecule has 0 saturated heterocycles. The number of phenolic OH excluding ortho intramolecular Hbond substituents is 1. The topological polar surface area (TPSA) is 72.5 Å². The van der Waals surface area contributed by atoms with E-state index in [4.69, 9.17) is 5.73 Å². The van der Waals surface area contributed by atoms with Crippen LogP contribution in [0.2, 0.25) is 0 Å². The highest BCUT2D eigenvalue weighted by atomic mass is 79.9. The number of esters is 1. The zero-order chi connectivity index (χ0) is 12.3. The molecule has 1 atom stereocenters. The van der Waals surface area contributed by atoms with Crippen LogP contribution in [-0.4, -0.2) is 18.2 Å². The van der Waals surface area contributed by atoms with Crippen LogP contribution < -0.4 is 5.73 Å². The number of aromatic hydroxyl groups is 1. The van der Waals surface area contributed by atoms with E-state index in [2.05, 4.69) is 20.7 Å². The summed E-state index contributed by atoms with van der Waals surface area (Å²) in [7, 11) is 1.23. The Balaban J connectivity index is 0.00000256. The van der Waals surface area contributed by atoms with E-state index in [0.29, 0.717) is 4.47 Å². The summed E-state index contributed by atoms with van der Waals surface area (Å²) in [6.07, 6.45) is -0.125. The summed E-state index contributed by atoms with van der Waals surface area (Å²) in [4.78, 5) is 11.0. The fourth-order valence-corrected chi connectivity index (χ4v) is 1.69. The van der Waals surface area contributed by atoms with Crippen molar-refractivity contribution in [1.29, 1.82) is 0 Å². The lowest BCUT2D eigenvalue weighted by molar-refractivity contribution is -0.141. The van der Waals surface area contributed by atoms with Gasteiger partial charge in [-0.1, -0.05) is 15.9 Å². The fraction of sp³-hybridized carbons (Fsp3) is 0.300. The second-order valence-electron chi connectivity index (χ2n) is 3.21. The zero-order valence-electron chi connectivity index (χ0n) is 8.94. The molecule has 3 N–H and O–H groups in total. The first-order valence-corrected chi connectivity index (χ1v) is 5.25. The maximum absolute atomic E-state index is 13.2. The highest BCUT2D eigenvalue weighted by molar-refractivity contribution is 9.10. The van der Waals surface area contributed by atoms with Gasteiger partial charge in [-0.25, -0.2) is 4.39 Å². The van der Waals surface area contributed by atoms with E-state index in [0.717, 1.165) is 6.07 Å². The molecule has 1 aromatic carbocycles. The third-order valence-electron chi connectivity index (χ3n) is 2.07. The van der Waals surface area contributed by atoms with Gasteiger partial charge in [-0.05, 0) is 12.1 Å². The molecule has 0 radical (unpaired) electrons. The first-order chi connectivity index (χ1) is 7.45. The molecule has 0 aliphatic heterocycles. The van der Waals surface area contributed by atoms with E-state index in [1.54, 1.807) is 0 Å². The van der Waals surface area contributed by atoms with E-state index in [1.807, 2.05) is 0 Å². The van der Waals surface area contributed by atoms with Crippen LogP contribution in [0.15, 0.2) is 16.6 Å². The molecule has 0 aliphatic carbocycles. The standard InChI is InChI=1S/C10H11BrFNO3.ClH/c1-16-9(14)4-8(13)6-2-5(11)3-7(12)10(6)15;/h2-3,8,15H,4,13H2,1H3;1H/t8-;/m1./s1. The van der Waals surface area contributed by atoms with E-state index < -0.39 is 23.6 Å². The molecule has 0 bridgehead atoms. The van der Waals surface area contributed by atoms with Gasteiger partial charge in [0.1, 0.15) is 0 Å². The van der Waals surface area contributed by atoms with Gasteiger partial charge >= 0.3 is 5.97 Å². The van der Waals surface area contributed by atoms with Crippen LogP contribution in [0.5, 0.6) is 5.75 Å². The zero-order valence-corrected chi connectivity index (χ0v) is 11.3. The Morgan fingerprint density at radius 1 is 1.65 bits per heavy atom. The van der Waals surface area contributed by atoms with Crippen molar-refractivity contribution in [3.05, 3.63) is 28.0 Å². The molecule has 1 aromatic rings. The first kappa shape index (κ1) is 16.1. The lowest BCUT2D eigenvalue weighted by atomic mass is 10.0. The van der Waals surface area contributed by atoms with E-state index in [9.17, 15) is 14.3 Å². The number of halogens is 3. The normalized spacial score (nSPS) is 11.5. The number of rotatable bonds is 3. The number of phenols is 1. The third-order valence-corrected chi connectivity index (χ3v) is 2.53. The summed E-state index contributed by atoms with van der Waals surface area (Å²) in [6.45, 7) is 0. The second kappa shape index (κ2) is 6.78. The highest BCUT2D eigenvalue weighted by Crippen LogP contribution is 2.31. The number of methoxy groups -OCH3 is 1. The number of carbonyl (C=O) groups excluding carboxylic acids is 1.